The van der Waals surface area contributed by atoms with Crippen LogP contribution in [-0.4, -0.2) is 12.5 Å². The minimum Gasteiger partial charge on any atom is -0.356 e. The Morgan fingerprint density at radius 3 is 1.66 bits per heavy atom. The zero-order chi connectivity index (χ0) is 21.3. The highest BCUT2D eigenvalue weighted by Crippen LogP contribution is 2.11. The Hall–Kier alpha value is -1.05. The van der Waals surface area contributed by atoms with E-state index in [-0.39, 0.29) is 5.91 Å². The second-order valence-electron chi connectivity index (χ2n) is 8.45. The molecule has 29 heavy (non-hydrogen) atoms. The molecule has 0 bridgehead atoms. The number of allylic oxidation sites excluding steroid dienone is 4. The van der Waals surface area contributed by atoms with Crippen LogP contribution in [0.4, 0.5) is 0 Å². The van der Waals surface area contributed by atoms with Gasteiger partial charge in [-0.05, 0) is 44.9 Å². The second-order valence-corrected chi connectivity index (χ2v) is 8.45. The van der Waals surface area contributed by atoms with E-state index in [1.165, 1.54) is 96.3 Å². The van der Waals surface area contributed by atoms with E-state index in [9.17, 15) is 4.79 Å². The Kier molecular flexibility index (Phi) is 24.1. The Balaban J connectivity index is 3.20. The molecule has 2 heteroatoms. The van der Waals surface area contributed by atoms with Gasteiger partial charge in [0.25, 0.3) is 0 Å². The van der Waals surface area contributed by atoms with Crippen LogP contribution in [0.2, 0.25) is 0 Å². The Morgan fingerprint density at radius 1 is 0.586 bits per heavy atom. The summed E-state index contributed by atoms with van der Waals surface area (Å²) in [5.74, 6) is 0.248. The molecule has 0 atom stereocenters. The second kappa shape index (κ2) is 25.0. The predicted molar refractivity (Wildman–Crippen MR) is 130 cm³/mol. The van der Waals surface area contributed by atoms with E-state index >= 15 is 0 Å². The molecule has 0 spiro atoms. The molecule has 0 aliphatic carbocycles. The van der Waals surface area contributed by atoms with E-state index in [1.54, 1.807) is 0 Å². The highest BCUT2D eigenvalue weighted by molar-refractivity contribution is 5.75. The fraction of sp³-hybridized carbons (Fsp3) is 0.815. The molecule has 1 amide bonds. The third-order valence-corrected chi connectivity index (χ3v) is 5.46. The van der Waals surface area contributed by atoms with Crippen LogP contribution in [0.3, 0.4) is 0 Å². The fourth-order valence-electron chi connectivity index (χ4n) is 3.50. The molecule has 0 aromatic heterocycles. The lowest BCUT2D eigenvalue weighted by Crippen LogP contribution is -2.23. The van der Waals surface area contributed by atoms with Crippen LogP contribution < -0.4 is 5.32 Å². The molecule has 0 aliphatic heterocycles. The van der Waals surface area contributed by atoms with Crippen molar-refractivity contribution in [3.8, 4) is 0 Å². The van der Waals surface area contributed by atoms with Gasteiger partial charge in [-0.25, -0.2) is 0 Å². The van der Waals surface area contributed by atoms with Gasteiger partial charge in [0, 0.05) is 13.0 Å². The van der Waals surface area contributed by atoms with Gasteiger partial charge in [0.15, 0.2) is 0 Å². The third kappa shape index (κ3) is 24.9. The predicted octanol–water partition coefficient (Wildman–Crippen LogP) is 8.67. The SMILES string of the molecule is CCCCC/C=C\C/C=C\CCCCCCCCCCCC(=O)NCCCCC. The number of hydrogen-bond acceptors (Lipinski definition) is 1. The van der Waals surface area contributed by atoms with E-state index < -0.39 is 0 Å². The lowest BCUT2D eigenvalue weighted by Gasteiger charge is -2.05. The summed E-state index contributed by atoms with van der Waals surface area (Å²) < 4.78 is 0. The highest BCUT2D eigenvalue weighted by atomic mass is 16.1. The first kappa shape index (κ1) is 27.9. The van der Waals surface area contributed by atoms with E-state index in [0.29, 0.717) is 6.42 Å². The van der Waals surface area contributed by atoms with Crippen molar-refractivity contribution in [2.45, 2.75) is 136 Å². The lowest BCUT2D eigenvalue weighted by atomic mass is 10.1. The molecule has 0 unspecified atom stereocenters. The van der Waals surface area contributed by atoms with Crippen LogP contribution in [0.25, 0.3) is 0 Å². The molecule has 0 aromatic rings. The molecular formula is C27H51NO. The van der Waals surface area contributed by atoms with E-state index in [4.69, 9.17) is 0 Å². The minimum atomic E-state index is 0.248. The topological polar surface area (TPSA) is 29.1 Å². The van der Waals surface area contributed by atoms with Crippen molar-refractivity contribution in [3.63, 3.8) is 0 Å². The van der Waals surface area contributed by atoms with Crippen molar-refractivity contribution < 1.29 is 4.79 Å². The van der Waals surface area contributed by atoms with Crippen LogP contribution in [0.1, 0.15) is 136 Å². The molecule has 170 valence electrons. The van der Waals surface area contributed by atoms with Crippen LogP contribution in [0.15, 0.2) is 24.3 Å². The van der Waals surface area contributed by atoms with Gasteiger partial charge >= 0.3 is 0 Å². The van der Waals surface area contributed by atoms with Crippen molar-refractivity contribution in [1.29, 1.82) is 0 Å². The summed E-state index contributed by atoms with van der Waals surface area (Å²) in [5, 5.41) is 3.03. The summed E-state index contributed by atoms with van der Waals surface area (Å²) in [4.78, 5) is 11.7. The first-order valence-corrected chi connectivity index (χ1v) is 12.9. The molecular weight excluding hydrogens is 354 g/mol. The van der Waals surface area contributed by atoms with Gasteiger partial charge in [-0.2, -0.15) is 0 Å². The molecule has 0 saturated carbocycles. The lowest BCUT2D eigenvalue weighted by molar-refractivity contribution is -0.121. The average Bonchev–Trinajstić information content (AvgIpc) is 2.73. The normalized spacial score (nSPS) is 11.7. The summed E-state index contributed by atoms with van der Waals surface area (Å²) >= 11 is 0. The van der Waals surface area contributed by atoms with Crippen molar-refractivity contribution in [3.05, 3.63) is 24.3 Å². The Labute approximate surface area is 183 Å². The van der Waals surface area contributed by atoms with Crippen LogP contribution in [0.5, 0.6) is 0 Å². The van der Waals surface area contributed by atoms with E-state index in [1.807, 2.05) is 0 Å². The van der Waals surface area contributed by atoms with Crippen LogP contribution in [0, 0.1) is 0 Å². The largest absolute Gasteiger partial charge is 0.356 e. The van der Waals surface area contributed by atoms with Gasteiger partial charge in [-0.1, -0.05) is 109 Å². The Morgan fingerprint density at radius 2 is 1.07 bits per heavy atom. The summed E-state index contributed by atoms with van der Waals surface area (Å²) in [6, 6.07) is 0. The minimum absolute atomic E-state index is 0.248. The first-order chi connectivity index (χ1) is 14.3. The van der Waals surface area contributed by atoms with Gasteiger partial charge in [0.05, 0.1) is 0 Å². The summed E-state index contributed by atoms with van der Waals surface area (Å²) in [6.45, 7) is 5.31. The fourth-order valence-corrected chi connectivity index (χ4v) is 3.50. The van der Waals surface area contributed by atoms with Crippen LogP contribution >= 0.6 is 0 Å². The van der Waals surface area contributed by atoms with E-state index in [0.717, 1.165) is 25.8 Å². The number of amides is 1. The molecule has 0 heterocycles. The van der Waals surface area contributed by atoms with Crippen molar-refractivity contribution in [2.75, 3.05) is 6.54 Å². The maximum Gasteiger partial charge on any atom is 0.219 e. The standard InChI is InChI=1S/C27H51NO/c1-3-5-7-8-9-10-11-12-13-14-15-16-17-18-19-20-21-22-23-25-27(29)28-26-24-6-4-2/h9-10,12-13H,3-8,11,14-26H2,1-2H3,(H,28,29)/b10-9-,13-12-. The average molecular weight is 406 g/mol. The molecule has 0 aliphatic rings. The van der Waals surface area contributed by atoms with Gasteiger partial charge in [0.1, 0.15) is 0 Å². The maximum atomic E-state index is 11.7. The monoisotopic (exact) mass is 405 g/mol. The van der Waals surface area contributed by atoms with Gasteiger partial charge < -0.3 is 5.32 Å². The zero-order valence-electron chi connectivity index (χ0n) is 19.9. The number of nitrogens with one attached hydrogen (secondary N) is 1. The number of unbranched alkanes of at least 4 members (excludes halogenated alkanes) is 14. The maximum absolute atomic E-state index is 11.7. The Bertz CT molecular complexity index is 386. The van der Waals surface area contributed by atoms with E-state index in [2.05, 4.69) is 43.5 Å². The number of carbonyl (C=O) groups excluding carboxylic acids is 1. The molecule has 0 radical (unpaired) electrons. The zero-order valence-corrected chi connectivity index (χ0v) is 19.9. The molecule has 0 rings (SSSR count). The van der Waals surface area contributed by atoms with Crippen molar-refractivity contribution in [1.82, 2.24) is 5.32 Å². The molecule has 0 fully saturated rings. The molecule has 2 nitrogen and oxygen atoms in total. The molecule has 0 aromatic carbocycles. The number of rotatable bonds is 22. The van der Waals surface area contributed by atoms with Crippen molar-refractivity contribution >= 4 is 5.91 Å². The van der Waals surface area contributed by atoms with Crippen LogP contribution in [-0.2, 0) is 4.79 Å². The van der Waals surface area contributed by atoms with Gasteiger partial charge in [-0.15, -0.1) is 0 Å². The first-order valence-electron chi connectivity index (χ1n) is 12.9. The molecule has 0 saturated heterocycles. The van der Waals surface area contributed by atoms with Crippen molar-refractivity contribution in [2.24, 2.45) is 0 Å². The smallest absolute Gasteiger partial charge is 0.219 e. The third-order valence-electron chi connectivity index (χ3n) is 5.46. The summed E-state index contributed by atoms with van der Waals surface area (Å²) in [6.07, 6.45) is 32.9. The molecule has 1 N–H and O–H groups in total. The van der Waals surface area contributed by atoms with Gasteiger partial charge in [0.2, 0.25) is 5.91 Å². The van der Waals surface area contributed by atoms with Gasteiger partial charge in [-0.3, -0.25) is 4.79 Å². The summed E-state index contributed by atoms with van der Waals surface area (Å²) in [7, 11) is 0. The highest BCUT2D eigenvalue weighted by Gasteiger charge is 2.00. The quantitative estimate of drug-likeness (QED) is 0.142. The summed E-state index contributed by atoms with van der Waals surface area (Å²) in [5.41, 5.74) is 0. The number of carbonyl (C=O) groups is 1. The number of hydrogen-bond donors (Lipinski definition) is 1.